The van der Waals surface area contributed by atoms with Gasteiger partial charge < -0.3 is 9.80 Å². The van der Waals surface area contributed by atoms with Gasteiger partial charge in [-0.3, -0.25) is 4.79 Å². The molecule has 1 aliphatic heterocycles. The van der Waals surface area contributed by atoms with Crippen LogP contribution in [0.15, 0.2) is 12.1 Å². The third-order valence-electron chi connectivity index (χ3n) is 4.46. The lowest BCUT2D eigenvalue weighted by molar-refractivity contribution is 0.0640. The molecule has 1 fully saturated rings. The van der Waals surface area contributed by atoms with E-state index in [-0.39, 0.29) is 17.5 Å². The first kappa shape index (κ1) is 17.8. The van der Waals surface area contributed by atoms with Gasteiger partial charge in [-0.15, -0.1) is 0 Å². The molecule has 1 aliphatic rings. The van der Waals surface area contributed by atoms with Crippen molar-refractivity contribution in [2.75, 3.05) is 26.7 Å². The Balaban J connectivity index is 2.18. The van der Waals surface area contributed by atoms with E-state index in [2.05, 4.69) is 4.90 Å². The van der Waals surface area contributed by atoms with Crippen molar-refractivity contribution >= 4 is 5.91 Å². The first-order chi connectivity index (χ1) is 10.8. The largest absolute Gasteiger partial charge is 0.337 e. The van der Waals surface area contributed by atoms with Crippen LogP contribution in [0.3, 0.4) is 0 Å². The second kappa shape index (κ2) is 7.34. The summed E-state index contributed by atoms with van der Waals surface area (Å²) >= 11 is 0. The highest BCUT2D eigenvalue weighted by Crippen LogP contribution is 2.19. The van der Waals surface area contributed by atoms with Crippen molar-refractivity contribution in [2.24, 2.45) is 5.92 Å². The molecule has 0 aromatic heterocycles. The van der Waals surface area contributed by atoms with Gasteiger partial charge in [0.25, 0.3) is 5.91 Å². The quantitative estimate of drug-likeness (QED) is 0.774. The second-order valence-corrected chi connectivity index (χ2v) is 6.49. The number of hydrogen-bond acceptors (Lipinski definition) is 2. The van der Waals surface area contributed by atoms with Gasteiger partial charge in [0.05, 0.1) is 0 Å². The van der Waals surface area contributed by atoms with Gasteiger partial charge in [0.2, 0.25) is 0 Å². The lowest BCUT2D eigenvalue weighted by atomic mass is 10.0. The van der Waals surface area contributed by atoms with Crippen LogP contribution < -0.4 is 0 Å². The Hall–Kier alpha value is -1.56. The van der Waals surface area contributed by atoms with Gasteiger partial charge in [-0.1, -0.05) is 13.8 Å². The fraction of sp³-hybridized carbons (Fsp3) is 0.588. The first-order valence-electron chi connectivity index (χ1n) is 7.95. The standard InChI is InChI=1S/C17H23F3N2O/c1-11(2)15(10-22-6-4-5-7-22)21(3)17(23)12-8-13(18)16(20)14(19)9-12/h8-9,11,15H,4-7,10H2,1-3H3/t15-/m1/s1. The zero-order chi connectivity index (χ0) is 17.1. The molecule has 2 rings (SSSR count). The molecule has 0 bridgehead atoms. The Morgan fingerprint density at radius 3 is 2.17 bits per heavy atom. The van der Waals surface area contributed by atoms with Crippen molar-refractivity contribution < 1.29 is 18.0 Å². The van der Waals surface area contributed by atoms with Crippen molar-refractivity contribution in [2.45, 2.75) is 32.7 Å². The molecule has 0 saturated carbocycles. The average Bonchev–Trinajstić information content (AvgIpc) is 3.01. The number of amides is 1. The summed E-state index contributed by atoms with van der Waals surface area (Å²) in [4.78, 5) is 16.3. The van der Waals surface area contributed by atoms with Crippen LogP contribution in [0.4, 0.5) is 13.2 Å². The van der Waals surface area contributed by atoms with Crippen LogP contribution in [0.25, 0.3) is 0 Å². The monoisotopic (exact) mass is 328 g/mol. The third kappa shape index (κ3) is 4.05. The van der Waals surface area contributed by atoms with Crippen molar-refractivity contribution in [3.8, 4) is 0 Å². The number of carbonyl (C=O) groups excluding carboxylic acids is 1. The lowest BCUT2D eigenvalue weighted by Crippen LogP contribution is -2.47. The van der Waals surface area contributed by atoms with E-state index in [1.54, 1.807) is 7.05 Å². The fourth-order valence-electron chi connectivity index (χ4n) is 3.04. The van der Waals surface area contributed by atoms with E-state index in [1.165, 1.54) is 4.90 Å². The van der Waals surface area contributed by atoms with E-state index in [1.807, 2.05) is 13.8 Å². The maximum absolute atomic E-state index is 13.4. The van der Waals surface area contributed by atoms with Gasteiger partial charge in [-0.2, -0.15) is 0 Å². The molecule has 1 atom stereocenters. The normalized spacial score (nSPS) is 16.8. The Morgan fingerprint density at radius 2 is 1.70 bits per heavy atom. The summed E-state index contributed by atoms with van der Waals surface area (Å²) in [6, 6.07) is 1.44. The molecule has 0 spiro atoms. The SMILES string of the molecule is CC(C)[C@@H](CN1CCCC1)N(C)C(=O)c1cc(F)c(F)c(F)c1. The number of benzene rings is 1. The van der Waals surface area contributed by atoms with Crippen LogP contribution >= 0.6 is 0 Å². The molecule has 0 N–H and O–H groups in total. The smallest absolute Gasteiger partial charge is 0.254 e. The highest BCUT2D eigenvalue weighted by molar-refractivity contribution is 5.94. The number of rotatable bonds is 5. The summed E-state index contributed by atoms with van der Waals surface area (Å²) in [5.74, 6) is -4.55. The number of likely N-dealkylation sites (tertiary alicyclic amines) is 1. The van der Waals surface area contributed by atoms with Gasteiger partial charge in [-0.25, -0.2) is 13.2 Å². The summed E-state index contributed by atoms with van der Waals surface area (Å²) in [7, 11) is 1.63. The van der Waals surface area contributed by atoms with E-state index in [9.17, 15) is 18.0 Å². The molecule has 0 radical (unpaired) electrons. The molecular formula is C17H23F3N2O. The van der Waals surface area contributed by atoms with Crippen LogP contribution in [0.2, 0.25) is 0 Å². The molecule has 1 saturated heterocycles. The zero-order valence-electron chi connectivity index (χ0n) is 13.8. The fourth-order valence-corrected chi connectivity index (χ4v) is 3.04. The number of carbonyl (C=O) groups is 1. The van der Waals surface area contributed by atoms with Crippen molar-refractivity contribution in [1.29, 1.82) is 0 Å². The minimum atomic E-state index is -1.55. The number of hydrogen-bond donors (Lipinski definition) is 0. The van der Waals surface area contributed by atoms with E-state index < -0.39 is 23.4 Å². The highest BCUT2D eigenvalue weighted by atomic mass is 19.2. The third-order valence-corrected chi connectivity index (χ3v) is 4.46. The molecule has 6 heteroatoms. The van der Waals surface area contributed by atoms with Crippen molar-refractivity contribution in [3.05, 3.63) is 35.1 Å². The minimum Gasteiger partial charge on any atom is -0.337 e. The van der Waals surface area contributed by atoms with E-state index >= 15 is 0 Å². The molecule has 23 heavy (non-hydrogen) atoms. The predicted molar refractivity (Wildman–Crippen MR) is 82.7 cm³/mol. The molecule has 0 aliphatic carbocycles. The summed E-state index contributed by atoms with van der Waals surface area (Å²) in [6.07, 6.45) is 2.30. The van der Waals surface area contributed by atoms with Crippen LogP contribution in [0.5, 0.6) is 0 Å². The Bertz CT molecular complexity index is 548. The summed E-state index contributed by atoms with van der Waals surface area (Å²) in [5, 5.41) is 0. The van der Waals surface area contributed by atoms with Crippen molar-refractivity contribution in [1.82, 2.24) is 9.80 Å². The van der Waals surface area contributed by atoms with E-state index in [0.717, 1.165) is 44.6 Å². The summed E-state index contributed by atoms with van der Waals surface area (Å²) < 4.78 is 39.8. The second-order valence-electron chi connectivity index (χ2n) is 6.49. The number of likely N-dealkylation sites (N-methyl/N-ethyl adjacent to an activating group) is 1. The molecule has 1 aromatic rings. The molecule has 128 valence electrons. The van der Waals surface area contributed by atoms with Gasteiger partial charge in [0.15, 0.2) is 17.5 Å². The molecule has 1 aromatic carbocycles. The Labute approximate surface area is 135 Å². The maximum Gasteiger partial charge on any atom is 0.254 e. The lowest BCUT2D eigenvalue weighted by Gasteiger charge is -2.34. The molecule has 1 amide bonds. The van der Waals surface area contributed by atoms with Crippen LogP contribution in [-0.4, -0.2) is 48.4 Å². The van der Waals surface area contributed by atoms with Crippen LogP contribution in [0.1, 0.15) is 37.0 Å². The topological polar surface area (TPSA) is 23.6 Å². The van der Waals surface area contributed by atoms with Crippen LogP contribution in [0, 0.1) is 23.4 Å². The van der Waals surface area contributed by atoms with Gasteiger partial charge >= 0.3 is 0 Å². The number of nitrogens with zero attached hydrogens (tertiary/aromatic N) is 2. The molecular weight excluding hydrogens is 305 g/mol. The molecule has 3 nitrogen and oxygen atoms in total. The predicted octanol–water partition coefficient (Wildman–Crippen LogP) is 3.30. The van der Waals surface area contributed by atoms with E-state index in [0.29, 0.717) is 0 Å². The molecule has 0 unspecified atom stereocenters. The first-order valence-corrected chi connectivity index (χ1v) is 7.95. The average molecular weight is 328 g/mol. The summed E-state index contributed by atoms with van der Waals surface area (Å²) in [6.45, 7) is 6.76. The maximum atomic E-state index is 13.4. The van der Waals surface area contributed by atoms with Crippen molar-refractivity contribution in [3.63, 3.8) is 0 Å². The van der Waals surface area contributed by atoms with Gasteiger partial charge in [0.1, 0.15) is 0 Å². The van der Waals surface area contributed by atoms with E-state index in [4.69, 9.17) is 0 Å². The summed E-state index contributed by atoms with van der Waals surface area (Å²) in [5.41, 5.74) is -0.170. The molecule has 1 heterocycles. The highest BCUT2D eigenvalue weighted by Gasteiger charge is 2.28. The Kier molecular flexibility index (Phi) is 5.68. The van der Waals surface area contributed by atoms with Gasteiger partial charge in [0, 0.05) is 25.2 Å². The van der Waals surface area contributed by atoms with Gasteiger partial charge in [-0.05, 0) is 44.0 Å². The Morgan fingerprint density at radius 1 is 1.17 bits per heavy atom. The minimum absolute atomic E-state index is 0.0724. The zero-order valence-corrected chi connectivity index (χ0v) is 13.8. The van der Waals surface area contributed by atoms with Crippen LogP contribution in [-0.2, 0) is 0 Å². The number of halogens is 3.